The molecule has 3 rings (SSSR count). The Hall–Kier alpha value is -2.16. The lowest BCUT2D eigenvalue weighted by molar-refractivity contribution is 0.565. The number of rotatable bonds is 3. The molecule has 2 aromatic rings. The van der Waals surface area contributed by atoms with E-state index in [0.29, 0.717) is 16.3 Å². The van der Waals surface area contributed by atoms with Crippen molar-refractivity contribution in [3.05, 3.63) is 22.6 Å². The molecule has 0 amide bonds. The van der Waals surface area contributed by atoms with Crippen molar-refractivity contribution in [3.8, 4) is 0 Å². The van der Waals surface area contributed by atoms with Crippen LogP contribution in [-0.2, 0) is 0 Å². The third-order valence-corrected chi connectivity index (χ3v) is 3.86. The van der Waals surface area contributed by atoms with Crippen LogP contribution in [0.15, 0.2) is 27.4 Å². The second-order valence-corrected chi connectivity index (χ2v) is 5.62. The van der Waals surface area contributed by atoms with E-state index in [4.69, 9.17) is 5.73 Å². The van der Waals surface area contributed by atoms with Crippen molar-refractivity contribution in [1.29, 1.82) is 0 Å². The number of H-pyrrole nitrogens is 1. The Morgan fingerprint density at radius 3 is 2.76 bits per heavy atom. The van der Waals surface area contributed by atoms with Crippen LogP contribution in [0.3, 0.4) is 0 Å². The van der Waals surface area contributed by atoms with E-state index in [0.717, 1.165) is 37.7 Å². The first-order valence-electron chi connectivity index (χ1n) is 6.70. The van der Waals surface area contributed by atoms with Crippen molar-refractivity contribution in [2.45, 2.75) is 29.6 Å². The molecule has 3 N–H and O–H groups in total. The van der Waals surface area contributed by atoms with E-state index >= 15 is 0 Å². The number of nitrogen functional groups attached to an aromatic ring is 1. The third kappa shape index (κ3) is 3.48. The van der Waals surface area contributed by atoms with Gasteiger partial charge in [-0.25, -0.2) is 4.98 Å². The highest BCUT2D eigenvalue weighted by Gasteiger charge is 2.16. The molecule has 0 bridgehead atoms. The maximum absolute atomic E-state index is 11.3. The second kappa shape index (κ2) is 6.08. The van der Waals surface area contributed by atoms with Gasteiger partial charge in [0.2, 0.25) is 17.1 Å². The van der Waals surface area contributed by atoms with Gasteiger partial charge in [0.1, 0.15) is 0 Å². The minimum absolute atomic E-state index is 0.173. The quantitative estimate of drug-likeness (QED) is 0.796. The molecule has 0 saturated carbocycles. The Morgan fingerprint density at radius 2 is 2.00 bits per heavy atom. The zero-order chi connectivity index (χ0) is 14.7. The van der Waals surface area contributed by atoms with Crippen LogP contribution in [0.1, 0.15) is 19.3 Å². The Balaban J connectivity index is 1.85. The topological polar surface area (TPSA) is 114 Å². The molecule has 3 heterocycles. The lowest BCUT2D eigenvalue weighted by atomic mass is 10.1. The van der Waals surface area contributed by atoms with Crippen LogP contribution in [0.2, 0.25) is 0 Å². The van der Waals surface area contributed by atoms with Gasteiger partial charge in [-0.05, 0) is 31.0 Å². The maximum atomic E-state index is 11.3. The highest BCUT2D eigenvalue weighted by atomic mass is 32.2. The van der Waals surface area contributed by atoms with Gasteiger partial charge in [-0.3, -0.25) is 4.79 Å². The van der Waals surface area contributed by atoms with Crippen LogP contribution in [0.25, 0.3) is 0 Å². The summed E-state index contributed by atoms with van der Waals surface area (Å²) in [5, 5.41) is 0.857. The number of anilines is 2. The zero-order valence-electron chi connectivity index (χ0n) is 11.3. The fourth-order valence-corrected chi connectivity index (χ4v) is 2.84. The highest BCUT2D eigenvalue weighted by molar-refractivity contribution is 7.99. The summed E-state index contributed by atoms with van der Waals surface area (Å²) in [5.41, 5.74) is 5.54. The molecule has 1 aliphatic rings. The predicted molar refractivity (Wildman–Crippen MR) is 79.3 cm³/mol. The zero-order valence-corrected chi connectivity index (χ0v) is 12.1. The molecule has 0 radical (unpaired) electrons. The minimum Gasteiger partial charge on any atom is -0.368 e. The Labute approximate surface area is 125 Å². The van der Waals surface area contributed by atoms with Gasteiger partial charge in [0, 0.05) is 25.4 Å². The third-order valence-electron chi connectivity index (χ3n) is 3.10. The Bertz CT molecular complexity index is 683. The average molecular weight is 305 g/mol. The van der Waals surface area contributed by atoms with Crippen LogP contribution < -0.4 is 16.2 Å². The number of aromatic amines is 1. The van der Waals surface area contributed by atoms with Gasteiger partial charge in [0.05, 0.1) is 0 Å². The number of nitrogens with one attached hydrogen (secondary N) is 1. The van der Waals surface area contributed by atoms with Gasteiger partial charge in [-0.1, -0.05) is 0 Å². The van der Waals surface area contributed by atoms with E-state index in [9.17, 15) is 4.79 Å². The molecule has 1 saturated heterocycles. The first-order chi connectivity index (χ1) is 10.2. The smallest absolute Gasteiger partial charge is 0.251 e. The monoisotopic (exact) mass is 305 g/mol. The summed E-state index contributed by atoms with van der Waals surface area (Å²) >= 11 is 1.16. The van der Waals surface area contributed by atoms with Crippen LogP contribution in [-0.4, -0.2) is 38.0 Å². The number of hydrogen-bond donors (Lipinski definition) is 2. The summed E-state index contributed by atoms with van der Waals surface area (Å²) in [6.45, 7) is 1.85. The van der Waals surface area contributed by atoms with E-state index in [1.807, 2.05) is 0 Å². The molecule has 0 atom stereocenters. The Morgan fingerprint density at radius 1 is 1.19 bits per heavy atom. The van der Waals surface area contributed by atoms with Gasteiger partial charge in [0.15, 0.2) is 5.16 Å². The van der Waals surface area contributed by atoms with Gasteiger partial charge in [-0.2, -0.15) is 15.0 Å². The van der Waals surface area contributed by atoms with E-state index in [1.165, 1.54) is 18.7 Å². The molecule has 1 aliphatic heterocycles. The van der Waals surface area contributed by atoms with Crippen molar-refractivity contribution < 1.29 is 0 Å². The number of aromatic nitrogens is 5. The first-order valence-corrected chi connectivity index (χ1v) is 7.52. The van der Waals surface area contributed by atoms with Gasteiger partial charge < -0.3 is 15.6 Å². The van der Waals surface area contributed by atoms with Crippen LogP contribution in [0.5, 0.6) is 0 Å². The molecule has 21 heavy (non-hydrogen) atoms. The number of nitrogens with two attached hydrogens (primary N) is 1. The number of piperidine rings is 1. The summed E-state index contributed by atoms with van der Waals surface area (Å²) in [6, 6.07) is 1.35. The molecule has 0 aromatic carbocycles. The summed E-state index contributed by atoms with van der Waals surface area (Å²) in [6.07, 6.45) is 4.92. The van der Waals surface area contributed by atoms with Crippen molar-refractivity contribution >= 4 is 23.7 Å². The number of hydrogen-bond acceptors (Lipinski definition) is 8. The summed E-state index contributed by atoms with van der Waals surface area (Å²) in [5.74, 6) is 0.759. The fraction of sp³-hybridized carbons (Fsp3) is 0.417. The molecule has 0 unspecified atom stereocenters. The standard InChI is InChI=1S/C12H15N7OS/c13-9-16-10(19-6-2-1-3-7-19)18-12(17-9)21-11-14-5-4-8(20)15-11/h4-5H,1-3,6-7H2,(H,14,15,20)(H2,13,16,17,18). The first kappa shape index (κ1) is 13.8. The summed E-state index contributed by atoms with van der Waals surface area (Å²) in [4.78, 5) is 32.7. The predicted octanol–water partition coefficient (Wildman–Crippen LogP) is 0.679. The van der Waals surface area contributed by atoms with E-state index in [2.05, 4.69) is 29.8 Å². The largest absolute Gasteiger partial charge is 0.368 e. The van der Waals surface area contributed by atoms with Crippen molar-refractivity contribution in [1.82, 2.24) is 24.9 Å². The average Bonchev–Trinajstić information content (AvgIpc) is 2.47. The molecule has 0 spiro atoms. The van der Waals surface area contributed by atoms with E-state index in [1.54, 1.807) is 0 Å². The van der Waals surface area contributed by atoms with Crippen LogP contribution >= 0.6 is 11.8 Å². The second-order valence-electron chi connectivity index (χ2n) is 4.67. The molecular weight excluding hydrogens is 290 g/mol. The van der Waals surface area contributed by atoms with Crippen molar-refractivity contribution in [2.75, 3.05) is 23.7 Å². The van der Waals surface area contributed by atoms with Gasteiger partial charge >= 0.3 is 0 Å². The fourth-order valence-electron chi connectivity index (χ4n) is 2.13. The van der Waals surface area contributed by atoms with Crippen LogP contribution in [0, 0.1) is 0 Å². The highest BCUT2D eigenvalue weighted by Crippen LogP contribution is 2.23. The Kier molecular flexibility index (Phi) is 4.00. The minimum atomic E-state index is -0.217. The van der Waals surface area contributed by atoms with E-state index in [-0.39, 0.29) is 11.5 Å². The van der Waals surface area contributed by atoms with E-state index < -0.39 is 0 Å². The van der Waals surface area contributed by atoms with Gasteiger partial charge in [0.25, 0.3) is 5.56 Å². The molecule has 9 heteroatoms. The lowest BCUT2D eigenvalue weighted by Gasteiger charge is -2.26. The lowest BCUT2D eigenvalue weighted by Crippen LogP contribution is -2.31. The number of nitrogens with zero attached hydrogens (tertiary/aromatic N) is 5. The summed E-state index contributed by atoms with van der Waals surface area (Å²) < 4.78 is 0. The van der Waals surface area contributed by atoms with Crippen LogP contribution in [0.4, 0.5) is 11.9 Å². The molecule has 8 nitrogen and oxygen atoms in total. The van der Waals surface area contributed by atoms with Crippen molar-refractivity contribution in [3.63, 3.8) is 0 Å². The molecule has 0 aliphatic carbocycles. The maximum Gasteiger partial charge on any atom is 0.251 e. The van der Waals surface area contributed by atoms with Gasteiger partial charge in [-0.15, -0.1) is 0 Å². The van der Waals surface area contributed by atoms with Crippen molar-refractivity contribution in [2.24, 2.45) is 0 Å². The molecular formula is C12H15N7OS. The summed E-state index contributed by atoms with van der Waals surface area (Å²) in [7, 11) is 0. The molecule has 1 fully saturated rings. The molecule has 2 aromatic heterocycles. The SMILES string of the molecule is Nc1nc(Sc2nccc(=O)[nH]2)nc(N2CCCCC2)n1. The molecule has 110 valence electrons. The normalized spacial score (nSPS) is 15.1.